The topological polar surface area (TPSA) is 57.6 Å². The third-order valence-electron chi connectivity index (χ3n) is 4.59. The molecule has 0 aromatic rings. The van der Waals surface area contributed by atoms with Crippen molar-refractivity contribution >= 4 is 11.9 Å². The molecule has 1 fully saturated rings. The predicted octanol–water partition coefficient (Wildman–Crippen LogP) is 2.77. The van der Waals surface area contributed by atoms with Crippen molar-refractivity contribution < 1.29 is 14.7 Å². The molecule has 0 saturated heterocycles. The van der Waals surface area contributed by atoms with E-state index in [0.29, 0.717) is 12.3 Å². The second-order valence-electron chi connectivity index (χ2n) is 5.88. The normalized spacial score (nSPS) is 28.1. The zero-order chi connectivity index (χ0) is 14.6. The van der Waals surface area contributed by atoms with Crippen LogP contribution >= 0.6 is 0 Å². The number of hydrogen-bond acceptors (Lipinski definition) is 2. The maximum atomic E-state index is 12.5. The first-order valence-electron chi connectivity index (χ1n) is 7.41. The minimum atomic E-state index is -0.814. The van der Waals surface area contributed by atoms with E-state index in [1.165, 1.54) is 0 Å². The summed E-state index contributed by atoms with van der Waals surface area (Å²) in [6, 6.07) is 0.188. The van der Waals surface area contributed by atoms with Crippen molar-refractivity contribution in [2.75, 3.05) is 7.05 Å². The molecule has 1 rings (SSSR count). The average molecular weight is 269 g/mol. The van der Waals surface area contributed by atoms with Gasteiger partial charge in [0.1, 0.15) is 0 Å². The summed E-state index contributed by atoms with van der Waals surface area (Å²) in [5.74, 6) is -1.24. The Bertz CT molecular complexity index is 329. The van der Waals surface area contributed by atoms with E-state index in [1.54, 1.807) is 11.9 Å². The summed E-state index contributed by atoms with van der Waals surface area (Å²) in [5.41, 5.74) is 0. The van der Waals surface area contributed by atoms with Gasteiger partial charge < -0.3 is 10.0 Å². The van der Waals surface area contributed by atoms with Gasteiger partial charge >= 0.3 is 5.97 Å². The third kappa shape index (κ3) is 3.71. The van der Waals surface area contributed by atoms with E-state index in [4.69, 9.17) is 0 Å². The maximum absolute atomic E-state index is 12.5. The molecule has 110 valence electrons. The van der Waals surface area contributed by atoms with Crippen LogP contribution in [0.1, 0.15) is 52.9 Å². The van der Waals surface area contributed by atoms with Gasteiger partial charge in [0.15, 0.2) is 0 Å². The Balaban J connectivity index is 2.76. The summed E-state index contributed by atoms with van der Waals surface area (Å²) in [4.78, 5) is 25.6. The van der Waals surface area contributed by atoms with Gasteiger partial charge in [0.05, 0.1) is 11.8 Å². The Labute approximate surface area is 116 Å². The van der Waals surface area contributed by atoms with Crippen molar-refractivity contribution in [3.63, 3.8) is 0 Å². The fraction of sp³-hybridized carbons (Fsp3) is 0.867. The molecule has 0 heterocycles. The number of hydrogen-bond donors (Lipinski definition) is 1. The molecule has 0 bridgehead atoms. The van der Waals surface area contributed by atoms with Crippen molar-refractivity contribution in [2.24, 2.45) is 17.8 Å². The van der Waals surface area contributed by atoms with Gasteiger partial charge in [-0.15, -0.1) is 0 Å². The summed E-state index contributed by atoms with van der Waals surface area (Å²) in [7, 11) is 1.81. The van der Waals surface area contributed by atoms with E-state index < -0.39 is 11.9 Å². The first-order chi connectivity index (χ1) is 8.92. The van der Waals surface area contributed by atoms with Crippen molar-refractivity contribution in [2.45, 2.75) is 58.9 Å². The molecule has 1 N–H and O–H groups in total. The van der Waals surface area contributed by atoms with Crippen molar-refractivity contribution in [1.29, 1.82) is 0 Å². The van der Waals surface area contributed by atoms with E-state index in [9.17, 15) is 14.7 Å². The van der Waals surface area contributed by atoms with Gasteiger partial charge in [-0.05, 0) is 32.1 Å². The molecular formula is C15H27NO3. The van der Waals surface area contributed by atoms with Crippen LogP contribution in [-0.2, 0) is 9.59 Å². The molecule has 1 aliphatic rings. The van der Waals surface area contributed by atoms with Gasteiger partial charge in [-0.3, -0.25) is 9.59 Å². The molecule has 0 aliphatic heterocycles. The lowest BCUT2D eigenvalue weighted by Crippen LogP contribution is -2.41. The molecule has 0 spiro atoms. The Morgan fingerprint density at radius 1 is 1.26 bits per heavy atom. The van der Waals surface area contributed by atoms with Gasteiger partial charge in [0.2, 0.25) is 5.91 Å². The highest BCUT2D eigenvalue weighted by Crippen LogP contribution is 2.39. The lowest BCUT2D eigenvalue weighted by Gasteiger charge is -2.28. The van der Waals surface area contributed by atoms with E-state index in [0.717, 1.165) is 25.7 Å². The quantitative estimate of drug-likeness (QED) is 0.806. The van der Waals surface area contributed by atoms with E-state index in [1.807, 2.05) is 6.92 Å². The number of carboxylic acids is 1. The van der Waals surface area contributed by atoms with Gasteiger partial charge in [0, 0.05) is 13.1 Å². The van der Waals surface area contributed by atoms with Crippen LogP contribution in [0.3, 0.4) is 0 Å². The Kier molecular flexibility index (Phi) is 5.83. The summed E-state index contributed by atoms with van der Waals surface area (Å²) >= 11 is 0. The average Bonchev–Trinajstić information content (AvgIpc) is 2.81. The standard InChI is InChI=1S/C15H27NO3/c1-5-7-10(3)16(4)14(17)12-8-11(6-2)9-13(12)15(18)19/h10-13H,5-9H2,1-4H3,(H,18,19)/t10?,11?,12-,13+/m0/s1. The SMILES string of the molecule is CCCC(C)N(C)C(=O)[C@H]1CC(CC)C[C@H]1C(=O)O. The second kappa shape index (κ2) is 6.92. The number of rotatable bonds is 6. The molecule has 1 amide bonds. The highest BCUT2D eigenvalue weighted by Gasteiger charge is 2.43. The molecule has 2 unspecified atom stereocenters. The number of carbonyl (C=O) groups excluding carboxylic acids is 1. The van der Waals surface area contributed by atoms with E-state index in [2.05, 4.69) is 13.8 Å². The molecule has 4 heteroatoms. The van der Waals surface area contributed by atoms with Crippen LogP contribution in [0, 0.1) is 17.8 Å². The van der Waals surface area contributed by atoms with Crippen LogP contribution in [0.4, 0.5) is 0 Å². The molecule has 1 aliphatic carbocycles. The van der Waals surface area contributed by atoms with Crippen LogP contribution in [0.15, 0.2) is 0 Å². The van der Waals surface area contributed by atoms with Gasteiger partial charge in [-0.2, -0.15) is 0 Å². The van der Waals surface area contributed by atoms with E-state index >= 15 is 0 Å². The molecular weight excluding hydrogens is 242 g/mol. The van der Waals surface area contributed by atoms with Crippen molar-refractivity contribution in [3.8, 4) is 0 Å². The minimum Gasteiger partial charge on any atom is -0.481 e. The number of carbonyl (C=O) groups is 2. The van der Waals surface area contributed by atoms with Crippen LogP contribution in [0.25, 0.3) is 0 Å². The van der Waals surface area contributed by atoms with Crippen LogP contribution < -0.4 is 0 Å². The molecule has 4 atom stereocenters. The molecule has 4 nitrogen and oxygen atoms in total. The van der Waals surface area contributed by atoms with E-state index in [-0.39, 0.29) is 17.9 Å². The van der Waals surface area contributed by atoms with Gasteiger partial charge in [-0.1, -0.05) is 26.7 Å². The summed E-state index contributed by atoms with van der Waals surface area (Å²) in [5, 5.41) is 9.30. The smallest absolute Gasteiger partial charge is 0.307 e. The number of carboxylic acid groups (broad SMARTS) is 1. The number of nitrogens with zero attached hydrogens (tertiary/aromatic N) is 1. The third-order valence-corrected chi connectivity index (χ3v) is 4.59. The van der Waals surface area contributed by atoms with Crippen LogP contribution in [0.5, 0.6) is 0 Å². The Hall–Kier alpha value is -1.06. The summed E-state index contributed by atoms with van der Waals surface area (Å²) < 4.78 is 0. The second-order valence-corrected chi connectivity index (χ2v) is 5.88. The zero-order valence-electron chi connectivity index (χ0n) is 12.6. The first kappa shape index (κ1) is 16.0. The Morgan fingerprint density at radius 2 is 1.84 bits per heavy atom. The molecule has 0 aromatic heterocycles. The van der Waals surface area contributed by atoms with Crippen LogP contribution in [0.2, 0.25) is 0 Å². The van der Waals surface area contributed by atoms with Crippen molar-refractivity contribution in [3.05, 3.63) is 0 Å². The maximum Gasteiger partial charge on any atom is 0.307 e. The lowest BCUT2D eigenvalue weighted by molar-refractivity contribution is -0.149. The minimum absolute atomic E-state index is 0.0179. The predicted molar refractivity (Wildman–Crippen MR) is 74.8 cm³/mol. The highest BCUT2D eigenvalue weighted by atomic mass is 16.4. The molecule has 1 saturated carbocycles. The number of amides is 1. The van der Waals surface area contributed by atoms with Crippen LogP contribution in [-0.4, -0.2) is 35.0 Å². The largest absolute Gasteiger partial charge is 0.481 e. The number of aliphatic carboxylic acids is 1. The fourth-order valence-corrected chi connectivity index (χ4v) is 3.11. The highest BCUT2D eigenvalue weighted by molar-refractivity contribution is 5.85. The summed E-state index contributed by atoms with van der Waals surface area (Å²) in [6.45, 7) is 6.20. The fourth-order valence-electron chi connectivity index (χ4n) is 3.11. The first-order valence-corrected chi connectivity index (χ1v) is 7.41. The van der Waals surface area contributed by atoms with Gasteiger partial charge in [-0.25, -0.2) is 0 Å². The monoisotopic (exact) mass is 269 g/mol. The zero-order valence-corrected chi connectivity index (χ0v) is 12.6. The summed E-state index contributed by atoms with van der Waals surface area (Å²) in [6.07, 6.45) is 4.34. The van der Waals surface area contributed by atoms with Gasteiger partial charge in [0.25, 0.3) is 0 Å². The Morgan fingerprint density at radius 3 is 2.32 bits per heavy atom. The lowest BCUT2D eigenvalue weighted by atomic mass is 9.94. The molecule has 19 heavy (non-hydrogen) atoms. The molecule has 0 aromatic carbocycles. The molecule has 0 radical (unpaired) electrons. The van der Waals surface area contributed by atoms with Crippen molar-refractivity contribution in [1.82, 2.24) is 4.90 Å².